The third-order valence-corrected chi connectivity index (χ3v) is 8.23. The quantitative estimate of drug-likeness (QED) is 0.301. The molecule has 2 atom stereocenters. The van der Waals surface area contributed by atoms with E-state index in [-0.39, 0.29) is 35.8 Å². The summed E-state index contributed by atoms with van der Waals surface area (Å²) in [6.45, 7) is 5.18. The van der Waals surface area contributed by atoms with Gasteiger partial charge in [-0.05, 0) is 69.6 Å². The summed E-state index contributed by atoms with van der Waals surface area (Å²) >= 11 is 0. The molecule has 2 fully saturated rings. The minimum atomic E-state index is -0.959. The van der Waals surface area contributed by atoms with Crippen LogP contribution in [0.2, 0.25) is 0 Å². The first-order chi connectivity index (χ1) is 20.4. The number of benzene rings is 2. The number of imidazole rings is 1. The van der Waals surface area contributed by atoms with Crippen LogP contribution in [0.15, 0.2) is 48.7 Å². The Morgan fingerprint density at radius 2 is 2.00 bits per heavy atom. The normalized spacial score (nSPS) is 18.4. The van der Waals surface area contributed by atoms with Crippen molar-refractivity contribution in [2.45, 2.75) is 57.4 Å². The molecule has 0 saturated carbocycles. The highest BCUT2D eigenvalue weighted by Crippen LogP contribution is 2.33. The molecule has 0 spiro atoms. The molecular formula is C31H31FN6O4. The number of fused-ring (bicyclic) bond motifs is 1. The second-order valence-corrected chi connectivity index (χ2v) is 10.8. The molecule has 0 radical (unpaired) electrons. The predicted octanol–water partition coefficient (Wildman–Crippen LogP) is 4.84. The lowest BCUT2D eigenvalue weighted by Gasteiger charge is -2.36. The lowest BCUT2D eigenvalue weighted by atomic mass is 9.95. The van der Waals surface area contributed by atoms with Gasteiger partial charge in [-0.25, -0.2) is 19.2 Å². The van der Waals surface area contributed by atoms with Gasteiger partial charge in [-0.15, -0.1) is 0 Å². The highest BCUT2D eigenvalue weighted by Gasteiger charge is 2.30. The Kier molecular flexibility index (Phi) is 7.82. The molecule has 2 aromatic heterocycles. The molecule has 6 rings (SSSR count). The molecule has 1 N–H and O–H groups in total. The number of carbonyl (C=O) groups is 1. The van der Waals surface area contributed by atoms with Crippen molar-refractivity contribution in [2.75, 3.05) is 19.7 Å². The molecular weight excluding hydrogens is 539 g/mol. The molecule has 216 valence electrons. The third-order valence-electron chi connectivity index (χ3n) is 8.23. The molecule has 4 aromatic rings. The zero-order chi connectivity index (χ0) is 29.2. The minimum Gasteiger partial charge on any atom is -0.478 e. The Morgan fingerprint density at radius 3 is 2.69 bits per heavy atom. The maximum Gasteiger partial charge on any atom is 0.335 e. The standard InChI is InChI=1S/C31H31FN6O4/c1-19(30-35-26-5-4-22(31(39)40)15-27(26)38(30)17-24-9-13-41-24)37-11-7-21(8-12-37)29-34-10-6-28(36-29)42-18-23-3-2-20(16-33)14-25(23)32/h2-6,10,14-15,19,21,24H,7-9,11-13,17-18H2,1H3,(H,39,40)/t19?,24-/m0/s1. The van der Waals surface area contributed by atoms with Crippen LogP contribution in [0.4, 0.5) is 4.39 Å². The van der Waals surface area contributed by atoms with E-state index >= 15 is 0 Å². The summed E-state index contributed by atoms with van der Waals surface area (Å²) in [6.07, 6.45) is 4.45. The molecule has 42 heavy (non-hydrogen) atoms. The first-order valence-corrected chi connectivity index (χ1v) is 14.1. The molecule has 2 aliphatic heterocycles. The summed E-state index contributed by atoms with van der Waals surface area (Å²) in [5, 5.41) is 18.5. The predicted molar refractivity (Wildman–Crippen MR) is 150 cm³/mol. The number of halogens is 1. The van der Waals surface area contributed by atoms with Crippen LogP contribution in [0.25, 0.3) is 11.0 Å². The smallest absolute Gasteiger partial charge is 0.335 e. The van der Waals surface area contributed by atoms with Gasteiger partial charge in [0.05, 0.1) is 46.9 Å². The van der Waals surface area contributed by atoms with Gasteiger partial charge in [0.2, 0.25) is 5.88 Å². The fraction of sp³-hybridized carbons (Fsp3) is 0.387. The van der Waals surface area contributed by atoms with Gasteiger partial charge in [-0.3, -0.25) is 4.90 Å². The van der Waals surface area contributed by atoms with Gasteiger partial charge in [0.15, 0.2) is 0 Å². The second kappa shape index (κ2) is 11.8. The van der Waals surface area contributed by atoms with Crippen LogP contribution < -0.4 is 4.74 Å². The number of rotatable bonds is 9. The number of aromatic nitrogens is 4. The summed E-state index contributed by atoms with van der Waals surface area (Å²) in [5.74, 6) is 0.704. The number of piperidine rings is 1. The van der Waals surface area contributed by atoms with Crippen molar-refractivity contribution in [2.24, 2.45) is 0 Å². The molecule has 2 saturated heterocycles. The number of carboxylic acids is 1. The van der Waals surface area contributed by atoms with Crippen molar-refractivity contribution in [3.63, 3.8) is 0 Å². The van der Waals surface area contributed by atoms with Gasteiger partial charge < -0.3 is 19.1 Å². The number of likely N-dealkylation sites (tertiary alicyclic amines) is 1. The minimum absolute atomic E-state index is 0.00477. The zero-order valence-electron chi connectivity index (χ0n) is 23.2. The van der Waals surface area contributed by atoms with E-state index in [1.54, 1.807) is 42.6 Å². The molecule has 2 aromatic carbocycles. The molecule has 11 heteroatoms. The van der Waals surface area contributed by atoms with Crippen molar-refractivity contribution < 1.29 is 23.8 Å². The first kappa shape index (κ1) is 27.8. The number of hydrogen-bond donors (Lipinski definition) is 1. The summed E-state index contributed by atoms with van der Waals surface area (Å²) in [6, 6.07) is 13.0. The Balaban J connectivity index is 1.13. The average Bonchev–Trinajstić information content (AvgIpc) is 3.35. The number of aromatic carboxylic acids is 1. The van der Waals surface area contributed by atoms with E-state index in [1.807, 2.05) is 6.07 Å². The van der Waals surface area contributed by atoms with Gasteiger partial charge in [-0.1, -0.05) is 6.07 Å². The van der Waals surface area contributed by atoms with Gasteiger partial charge in [-0.2, -0.15) is 10.2 Å². The number of nitrogens with zero attached hydrogens (tertiary/aromatic N) is 6. The van der Waals surface area contributed by atoms with Crippen molar-refractivity contribution in [1.29, 1.82) is 5.26 Å². The Morgan fingerprint density at radius 1 is 1.19 bits per heavy atom. The molecule has 4 heterocycles. The summed E-state index contributed by atoms with van der Waals surface area (Å²) in [4.78, 5) is 28.1. The first-order valence-electron chi connectivity index (χ1n) is 14.1. The Labute approximate surface area is 242 Å². The molecule has 0 bridgehead atoms. The van der Waals surface area contributed by atoms with E-state index < -0.39 is 11.8 Å². The Bertz CT molecular complexity index is 1660. The van der Waals surface area contributed by atoms with Crippen LogP contribution in [-0.4, -0.2) is 61.3 Å². The van der Waals surface area contributed by atoms with Gasteiger partial charge in [0, 0.05) is 30.4 Å². The number of nitriles is 1. The van der Waals surface area contributed by atoms with Gasteiger partial charge in [0.1, 0.15) is 24.1 Å². The zero-order valence-corrected chi connectivity index (χ0v) is 23.2. The van der Waals surface area contributed by atoms with Crippen molar-refractivity contribution in [3.8, 4) is 11.9 Å². The van der Waals surface area contributed by atoms with Crippen LogP contribution in [0, 0.1) is 17.1 Å². The van der Waals surface area contributed by atoms with E-state index in [2.05, 4.69) is 26.4 Å². The highest BCUT2D eigenvalue weighted by molar-refractivity contribution is 5.92. The SMILES string of the molecule is CC(c1nc2ccc(C(=O)O)cc2n1C[C@@H]1CCO1)N1CCC(c2nccc(OCc3ccc(C#N)cc3F)n2)CC1. The van der Waals surface area contributed by atoms with Crippen LogP contribution in [-0.2, 0) is 17.9 Å². The van der Waals surface area contributed by atoms with E-state index in [1.165, 1.54) is 6.07 Å². The number of carboxylic acid groups (broad SMARTS) is 1. The summed E-state index contributed by atoms with van der Waals surface area (Å²) in [5.41, 5.74) is 2.45. The second-order valence-electron chi connectivity index (χ2n) is 10.8. The number of hydrogen-bond acceptors (Lipinski definition) is 8. The molecule has 2 aliphatic rings. The summed E-state index contributed by atoms with van der Waals surface area (Å²) in [7, 11) is 0. The van der Waals surface area contributed by atoms with Crippen LogP contribution in [0.5, 0.6) is 5.88 Å². The van der Waals surface area contributed by atoms with Crippen molar-refractivity contribution in [1.82, 2.24) is 24.4 Å². The lowest BCUT2D eigenvalue weighted by Crippen LogP contribution is -2.37. The van der Waals surface area contributed by atoms with Crippen molar-refractivity contribution in [3.05, 3.63) is 82.8 Å². The van der Waals surface area contributed by atoms with E-state index in [4.69, 9.17) is 19.7 Å². The fourth-order valence-corrected chi connectivity index (χ4v) is 5.64. The van der Waals surface area contributed by atoms with Gasteiger partial charge in [0.25, 0.3) is 0 Å². The lowest BCUT2D eigenvalue weighted by molar-refractivity contribution is -0.0594. The molecule has 10 nitrogen and oxygen atoms in total. The van der Waals surface area contributed by atoms with Crippen LogP contribution in [0.3, 0.4) is 0 Å². The maximum atomic E-state index is 14.2. The number of ether oxygens (including phenoxy) is 2. The third kappa shape index (κ3) is 5.68. The highest BCUT2D eigenvalue weighted by atomic mass is 19.1. The molecule has 0 amide bonds. The topological polar surface area (TPSA) is 126 Å². The maximum absolute atomic E-state index is 14.2. The monoisotopic (exact) mass is 570 g/mol. The average molecular weight is 571 g/mol. The van der Waals surface area contributed by atoms with E-state index in [0.717, 1.165) is 55.8 Å². The molecule has 1 unspecified atom stereocenters. The fourth-order valence-electron chi connectivity index (χ4n) is 5.64. The van der Waals surface area contributed by atoms with Gasteiger partial charge >= 0.3 is 5.97 Å². The van der Waals surface area contributed by atoms with Crippen LogP contribution >= 0.6 is 0 Å². The van der Waals surface area contributed by atoms with E-state index in [9.17, 15) is 14.3 Å². The van der Waals surface area contributed by atoms with E-state index in [0.29, 0.717) is 23.8 Å². The van der Waals surface area contributed by atoms with Crippen LogP contribution in [0.1, 0.15) is 71.3 Å². The molecule has 0 aliphatic carbocycles. The summed E-state index contributed by atoms with van der Waals surface area (Å²) < 4.78 is 27.8. The van der Waals surface area contributed by atoms with Crippen molar-refractivity contribution >= 4 is 17.0 Å². The Hall–Kier alpha value is -4.40. The largest absolute Gasteiger partial charge is 0.478 e.